The standard InChI is InChI=1S/C16H24N2S/c1-4-7-13-8-5-6-9-15(13)18-16-17-11-14(19-16)10-12(2)3/h5-6,8-9,12,14H,4,7,10-11H2,1-3H3,(H,17,18). The lowest BCUT2D eigenvalue weighted by Gasteiger charge is -2.13. The first-order valence-electron chi connectivity index (χ1n) is 7.25. The Morgan fingerprint density at radius 3 is 2.89 bits per heavy atom. The summed E-state index contributed by atoms with van der Waals surface area (Å²) in [6.07, 6.45) is 3.54. The highest BCUT2D eigenvalue weighted by Crippen LogP contribution is 2.28. The van der Waals surface area contributed by atoms with Crippen LogP contribution in [0, 0.1) is 5.92 Å². The van der Waals surface area contributed by atoms with Gasteiger partial charge in [0.2, 0.25) is 0 Å². The van der Waals surface area contributed by atoms with Crippen LogP contribution in [-0.4, -0.2) is 17.0 Å². The van der Waals surface area contributed by atoms with Gasteiger partial charge in [-0.1, -0.05) is 57.2 Å². The van der Waals surface area contributed by atoms with Crippen molar-refractivity contribution in [2.24, 2.45) is 10.9 Å². The van der Waals surface area contributed by atoms with Gasteiger partial charge >= 0.3 is 0 Å². The highest BCUT2D eigenvalue weighted by atomic mass is 32.2. The van der Waals surface area contributed by atoms with Gasteiger partial charge in [0.1, 0.15) is 0 Å². The van der Waals surface area contributed by atoms with Gasteiger partial charge in [0, 0.05) is 10.9 Å². The minimum atomic E-state index is 0.654. The molecule has 19 heavy (non-hydrogen) atoms. The third-order valence-corrected chi connectivity index (χ3v) is 4.36. The van der Waals surface area contributed by atoms with Crippen LogP contribution in [0.15, 0.2) is 29.3 Å². The van der Waals surface area contributed by atoms with Crippen molar-refractivity contribution in [2.45, 2.75) is 45.3 Å². The number of amidine groups is 1. The maximum atomic E-state index is 4.64. The summed E-state index contributed by atoms with van der Waals surface area (Å²) >= 11 is 1.90. The van der Waals surface area contributed by atoms with E-state index in [1.54, 1.807) is 0 Å². The quantitative estimate of drug-likeness (QED) is 0.852. The van der Waals surface area contributed by atoms with Crippen LogP contribution in [0.5, 0.6) is 0 Å². The van der Waals surface area contributed by atoms with E-state index >= 15 is 0 Å². The second-order valence-electron chi connectivity index (χ2n) is 5.55. The molecule has 0 radical (unpaired) electrons. The van der Waals surface area contributed by atoms with Gasteiger partial charge in [-0.05, 0) is 30.4 Å². The van der Waals surface area contributed by atoms with E-state index in [9.17, 15) is 0 Å². The lowest BCUT2D eigenvalue weighted by Crippen LogP contribution is -2.10. The van der Waals surface area contributed by atoms with Gasteiger partial charge in [0.15, 0.2) is 5.17 Å². The first-order chi connectivity index (χ1) is 9.19. The number of hydrogen-bond donors (Lipinski definition) is 1. The summed E-state index contributed by atoms with van der Waals surface area (Å²) in [4.78, 5) is 4.64. The van der Waals surface area contributed by atoms with Crippen molar-refractivity contribution >= 4 is 22.6 Å². The molecule has 0 amide bonds. The maximum Gasteiger partial charge on any atom is 0.161 e. The molecular formula is C16H24N2S. The molecule has 0 aromatic heterocycles. The molecule has 1 unspecified atom stereocenters. The smallest absolute Gasteiger partial charge is 0.161 e. The Morgan fingerprint density at radius 1 is 1.37 bits per heavy atom. The monoisotopic (exact) mass is 276 g/mol. The van der Waals surface area contributed by atoms with Crippen molar-refractivity contribution in [1.29, 1.82) is 0 Å². The van der Waals surface area contributed by atoms with Crippen molar-refractivity contribution in [2.75, 3.05) is 11.9 Å². The SMILES string of the molecule is CCCc1ccccc1NC1=NCC(CC(C)C)S1. The molecule has 1 aliphatic heterocycles. The molecule has 1 atom stereocenters. The van der Waals surface area contributed by atoms with E-state index in [4.69, 9.17) is 0 Å². The Kier molecular flexibility index (Phi) is 5.32. The van der Waals surface area contributed by atoms with E-state index in [1.165, 1.54) is 24.1 Å². The zero-order valence-corrected chi connectivity index (χ0v) is 13.0. The fourth-order valence-electron chi connectivity index (χ4n) is 2.38. The van der Waals surface area contributed by atoms with Gasteiger partial charge in [-0.25, -0.2) is 0 Å². The number of nitrogens with zero attached hydrogens (tertiary/aromatic N) is 1. The summed E-state index contributed by atoms with van der Waals surface area (Å²) in [6, 6.07) is 8.57. The lowest BCUT2D eigenvalue weighted by molar-refractivity contribution is 0.575. The Morgan fingerprint density at radius 2 is 2.16 bits per heavy atom. The van der Waals surface area contributed by atoms with Gasteiger partial charge in [0.25, 0.3) is 0 Å². The summed E-state index contributed by atoms with van der Waals surface area (Å²) in [5.74, 6) is 0.749. The van der Waals surface area contributed by atoms with Crippen LogP contribution in [0.1, 0.15) is 39.2 Å². The van der Waals surface area contributed by atoms with E-state index in [-0.39, 0.29) is 0 Å². The van der Waals surface area contributed by atoms with E-state index in [0.29, 0.717) is 5.25 Å². The Balaban J connectivity index is 1.95. The molecule has 1 heterocycles. The maximum absolute atomic E-state index is 4.64. The van der Waals surface area contributed by atoms with E-state index < -0.39 is 0 Å². The van der Waals surface area contributed by atoms with Crippen molar-refractivity contribution in [3.05, 3.63) is 29.8 Å². The minimum Gasteiger partial charge on any atom is -0.335 e. The van der Waals surface area contributed by atoms with E-state index in [2.05, 4.69) is 55.3 Å². The first-order valence-corrected chi connectivity index (χ1v) is 8.13. The van der Waals surface area contributed by atoms with Crippen molar-refractivity contribution in [3.63, 3.8) is 0 Å². The average molecular weight is 276 g/mol. The second-order valence-corrected chi connectivity index (χ2v) is 6.84. The predicted octanol–water partition coefficient (Wildman–Crippen LogP) is 4.57. The first kappa shape index (κ1) is 14.4. The zero-order chi connectivity index (χ0) is 13.7. The van der Waals surface area contributed by atoms with Crippen LogP contribution in [0.4, 0.5) is 5.69 Å². The number of nitrogens with one attached hydrogen (secondary N) is 1. The zero-order valence-electron chi connectivity index (χ0n) is 12.1. The van der Waals surface area contributed by atoms with Crippen LogP contribution in [0.2, 0.25) is 0 Å². The number of aryl methyl sites for hydroxylation is 1. The molecule has 104 valence electrons. The largest absolute Gasteiger partial charge is 0.335 e. The molecule has 0 aliphatic carbocycles. The van der Waals surface area contributed by atoms with E-state index in [1.807, 2.05) is 11.8 Å². The van der Waals surface area contributed by atoms with Crippen LogP contribution >= 0.6 is 11.8 Å². The molecule has 1 aromatic rings. The van der Waals surface area contributed by atoms with Crippen molar-refractivity contribution in [3.8, 4) is 0 Å². The third-order valence-electron chi connectivity index (χ3n) is 3.23. The molecule has 0 spiro atoms. The number of hydrogen-bond acceptors (Lipinski definition) is 3. The van der Waals surface area contributed by atoms with Crippen LogP contribution in [-0.2, 0) is 6.42 Å². The highest BCUT2D eigenvalue weighted by Gasteiger charge is 2.20. The fourth-order valence-corrected chi connectivity index (χ4v) is 3.64. The van der Waals surface area contributed by atoms with Crippen LogP contribution in [0.3, 0.4) is 0 Å². The number of aliphatic imine (C=N–C) groups is 1. The average Bonchev–Trinajstić information content (AvgIpc) is 2.78. The van der Waals surface area contributed by atoms with Gasteiger partial charge in [-0.2, -0.15) is 0 Å². The molecule has 1 N–H and O–H groups in total. The number of para-hydroxylation sites is 1. The lowest BCUT2D eigenvalue weighted by atomic mass is 10.1. The van der Waals surface area contributed by atoms with Gasteiger partial charge in [0.05, 0.1) is 6.54 Å². The van der Waals surface area contributed by atoms with Gasteiger partial charge in [-0.3, -0.25) is 4.99 Å². The number of benzene rings is 1. The summed E-state index contributed by atoms with van der Waals surface area (Å²) < 4.78 is 0. The normalized spacial score (nSPS) is 18.7. The Labute approximate surface area is 121 Å². The third kappa shape index (κ3) is 4.27. The minimum absolute atomic E-state index is 0.654. The Hall–Kier alpha value is -0.960. The molecule has 0 saturated carbocycles. The molecule has 3 heteroatoms. The topological polar surface area (TPSA) is 24.4 Å². The van der Waals surface area contributed by atoms with Crippen LogP contribution < -0.4 is 5.32 Å². The van der Waals surface area contributed by atoms with Crippen molar-refractivity contribution in [1.82, 2.24) is 0 Å². The summed E-state index contributed by atoms with van der Waals surface area (Å²) in [7, 11) is 0. The van der Waals surface area contributed by atoms with E-state index in [0.717, 1.165) is 24.1 Å². The molecule has 0 saturated heterocycles. The summed E-state index contributed by atoms with van der Waals surface area (Å²) in [5.41, 5.74) is 2.61. The number of rotatable bonds is 5. The molecule has 0 fully saturated rings. The molecule has 1 aliphatic rings. The molecule has 0 bridgehead atoms. The Bertz CT molecular complexity index is 440. The number of thioether (sulfide) groups is 1. The molecular weight excluding hydrogens is 252 g/mol. The van der Waals surface area contributed by atoms with Gasteiger partial charge < -0.3 is 5.32 Å². The molecule has 1 aromatic carbocycles. The highest BCUT2D eigenvalue weighted by molar-refractivity contribution is 8.15. The van der Waals surface area contributed by atoms with Crippen molar-refractivity contribution < 1.29 is 0 Å². The second kappa shape index (κ2) is 6.99. The predicted molar refractivity (Wildman–Crippen MR) is 87.2 cm³/mol. The summed E-state index contributed by atoms with van der Waals surface area (Å²) in [6.45, 7) is 7.74. The molecule has 2 nitrogen and oxygen atoms in total. The fraction of sp³-hybridized carbons (Fsp3) is 0.562. The van der Waals surface area contributed by atoms with Crippen LogP contribution in [0.25, 0.3) is 0 Å². The number of anilines is 1. The summed E-state index contributed by atoms with van der Waals surface area (Å²) in [5, 5.41) is 5.26. The van der Waals surface area contributed by atoms with Gasteiger partial charge in [-0.15, -0.1) is 0 Å². The molecule has 2 rings (SSSR count).